The Bertz CT molecular complexity index is 1020. The SMILES string of the molecule is CC(=O)N1CCc2[nH]c(=O)n3cc(-c4ccccc4F)nc3c2C1. The molecule has 1 amide bonds. The fourth-order valence-corrected chi connectivity index (χ4v) is 3.11. The molecule has 0 unspecified atom stereocenters. The summed E-state index contributed by atoms with van der Waals surface area (Å²) < 4.78 is 15.4. The van der Waals surface area contributed by atoms with Crippen molar-refractivity contribution in [3.8, 4) is 11.3 Å². The summed E-state index contributed by atoms with van der Waals surface area (Å²) in [5, 5.41) is 0. The van der Waals surface area contributed by atoms with E-state index in [1.165, 1.54) is 23.6 Å². The first-order valence-corrected chi connectivity index (χ1v) is 7.68. The minimum Gasteiger partial charge on any atom is -0.338 e. The standard InChI is InChI=1S/C17H15FN4O2/c1-10(23)21-7-6-14-12(8-21)16-19-15(9-22(16)17(24)20-14)11-4-2-3-5-13(11)18/h2-5,9H,6-8H2,1H3,(H,20,24). The molecular weight excluding hydrogens is 311 g/mol. The van der Waals surface area contributed by atoms with Crippen molar-refractivity contribution >= 4 is 11.6 Å². The minimum absolute atomic E-state index is 0.0223. The second-order valence-electron chi connectivity index (χ2n) is 5.88. The van der Waals surface area contributed by atoms with Crippen molar-refractivity contribution in [2.75, 3.05) is 6.54 Å². The van der Waals surface area contributed by atoms with Gasteiger partial charge in [-0.1, -0.05) is 12.1 Å². The fraction of sp³-hybridized carbons (Fsp3) is 0.235. The third kappa shape index (κ3) is 2.20. The number of fused-ring (bicyclic) bond motifs is 3. The van der Waals surface area contributed by atoms with Crippen LogP contribution >= 0.6 is 0 Å². The highest BCUT2D eigenvalue weighted by atomic mass is 19.1. The van der Waals surface area contributed by atoms with Crippen LogP contribution in [0.25, 0.3) is 16.9 Å². The molecule has 7 heteroatoms. The average Bonchev–Trinajstić information content (AvgIpc) is 3.01. The van der Waals surface area contributed by atoms with Gasteiger partial charge in [-0.3, -0.25) is 9.20 Å². The molecule has 0 spiro atoms. The van der Waals surface area contributed by atoms with Crippen LogP contribution in [0.1, 0.15) is 18.2 Å². The first kappa shape index (κ1) is 14.6. The van der Waals surface area contributed by atoms with Crippen LogP contribution in [0.5, 0.6) is 0 Å². The van der Waals surface area contributed by atoms with E-state index < -0.39 is 5.82 Å². The van der Waals surface area contributed by atoms with E-state index in [1.54, 1.807) is 23.1 Å². The van der Waals surface area contributed by atoms with Crippen LogP contribution in [-0.2, 0) is 17.8 Å². The molecule has 3 aromatic rings. The molecule has 122 valence electrons. The lowest BCUT2D eigenvalue weighted by atomic mass is 10.1. The predicted octanol–water partition coefficient (Wildman–Crippen LogP) is 1.73. The molecule has 0 saturated carbocycles. The monoisotopic (exact) mass is 326 g/mol. The van der Waals surface area contributed by atoms with Gasteiger partial charge < -0.3 is 9.88 Å². The number of imidazole rings is 1. The fourth-order valence-electron chi connectivity index (χ4n) is 3.11. The molecule has 1 N–H and O–H groups in total. The predicted molar refractivity (Wildman–Crippen MR) is 86.0 cm³/mol. The van der Waals surface area contributed by atoms with Crippen LogP contribution in [0.2, 0.25) is 0 Å². The summed E-state index contributed by atoms with van der Waals surface area (Å²) >= 11 is 0. The molecule has 0 radical (unpaired) electrons. The molecule has 0 atom stereocenters. The number of aromatic nitrogens is 3. The lowest BCUT2D eigenvalue weighted by Gasteiger charge is -2.27. The Labute approximate surface area is 136 Å². The third-order valence-corrected chi connectivity index (χ3v) is 4.39. The number of halogens is 1. The molecule has 0 aliphatic carbocycles. The summed E-state index contributed by atoms with van der Waals surface area (Å²) in [5.74, 6) is -0.414. The van der Waals surface area contributed by atoms with E-state index in [2.05, 4.69) is 9.97 Å². The number of hydrogen-bond donors (Lipinski definition) is 1. The van der Waals surface area contributed by atoms with Crippen molar-refractivity contribution in [2.24, 2.45) is 0 Å². The topological polar surface area (TPSA) is 70.5 Å². The lowest BCUT2D eigenvalue weighted by Crippen LogP contribution is -2.36. The van der Waals surface area contributed by atoms with E-state index in [0.717, 1.165) is 11.3 Å². The minimum atomic E-state index is -0.392. The highest BCUT2D eigenvalue weighted by Crippen LogP contribution is 2.25. The Morgan fingerprint density at radius 1 is 1.33 bits per heavy atom. The van der Waals surface area contributed by atoms with Crippen LogP contribution in [0.15, 0.2) is 35.3 Å². The van der Waals surface area contributed by atoms with Gasteiger partial charge >= 0.3 is 5.69 Å². The molecule has 2 aromatic heterocycles. The molecule has 0 fully saturated rings. The van der Waals surface area contributed by atoms with Crippen molar-refractivity contribution in [3.63, 3.8) is 0 Å². The summed E-state index contributed by atoms with van der Waals surface area (Å²) in [6, 6.07) is 6.31. The normalized spacial score (nSPS) is 14.0. The Balaban J connectivity index is 1.93. The number of nitrogens with zero attached hydrogens (tertiary/aromatic N) is 3. The second kappa shape index (κ2) is 5.30. The van der Waals surface area contributed by atoms with Crippen molar-refractivity contribution in [1.29, 1.82) is 0 Å². The van der Waals surface area contributed by atoms with Crippen LogP contribution in [-0.4, -0.2) is 31.7 Å². The number of rotatable bonds is 1. The first-order chi connectivity index (χ1) is 11.5. The van der Waals surface area contributed by atoms with Gasteiger partial charge in [0, 0.05) is 42.9 Å². The van der Waals surface area contributed by atoms with E-state index in [9.17, 15) is 14.0 Å². The van der Waals surface area contributed by atoms with E-state index >= 15 is 0 Å². The lowest BCUT2D eigenvalue weighted by molar-refractivity contribution is -0.129. The summed E-state index contributed by atoms with van der Waals surface area (Å²) in [7, 11) is 0. The van der Waals surface area contributed by atoms with Crippen LogP contribution < -0.4 is 5.69 Å². The summed E-state index contributed by atoms with van der Waals surface area (Å²) in [4.78, 5) is 33.0. The van der Waals surface area contributed by atoms with Gasteiger partial charge in [0.05, 0.1) is 12.2 Å². The molecule has 4 rings (SSSR count). The van der Waals surface area contributed by atoms with Gasteiger partial charge in [-0.15, -0.1) is 0 Å². The highest BCUT2D eigenvalue weighted by Gasteiger charge is 2.23. The van der Waals surface area contributed by atoms with Gasteiger partial charge in [-0.05, 0) is 12.1 Å². The van der Waals surface area contributed by atoms with Gasteiger partial charge in [0.25, 0.3) is 0 Å². The third-order valence-electron chi connectivity index (χ3n) is 4.39. The summed E-state index contributed by atoms with van der Waals surface area (Å²) in [6.07, 6.45) is 2.10. The van der Waals surface area contributed by atoms with Crippen molar-refractivity contribution in [1.82, 2.24) is 19.3 Å². The molecule has 1 aliphatic rings. The molecule has 1 aliphatic heterocycles. The maximum Gasteiger partial charge on any atom is 0.331 e. The van der Waals surface area contributed by atoms with E-state index in [-0.39, 0.29) is 11.6 Å². The van der Waals surface area contributed by atoms with Gasteiger partial charge in [-0.25, -0.2) is 14.2 Å². The maximum absolute atomic E-state index is 14.0. The smallest absolute Gasteiger partial charge is 0.331 e. The Hall–Kier alpha value is -2.96. The summed E-state index contributed by atoms with van der Waals surface area (Å²) in [6.45, 7) is 2.47. The van der Waals surface area contributed by atoms with Crippen LogP contribution in [0.3, 0.4) is 0 Å². The zero-order chi connectivity index (χ0) is 16.8. The zero-order valence-corrected chi connectivity index (χ0v) is 13.0. The number of amides is 1. The molecule has 0 bridgehead atoms. The van der Waals surface area contributed by atoms with Crippen molar-refractivity contribution in [2.45, 2.75) is 19.9 Å². The molecular formula is C17H15FN4O2. The first-order valence-electron chi connectivity index (χ1n) is 7.68. The van der Waals surface area contributed by atoms with Crippen molar-refractivity contribution < 1.29 is 9.18 Å². The molecule has 24 heavy (non-hydrogen) atoms. The van der Waals surface area contributed by atoms with Gasteiger partial charge in [0.15, 0.2) is 0 Å². The zero-order valence-electron chi connectivity index (χ0n) is 13.0. The quantitative estimate of drug-likeness (QED) is 0.740. The number of H-pyrrole nitrogens is 1. The number of carbonyl (C=O) groups is 1. The van der Waals surface area contributed by atoms with Gasteiger partial charge in [-0.2, -0.15) is 0 Å². The van der Waals surface area contributed by atoms with Gasteiger partial charge in [0.2, 0.25) is 5.91 Å². The van der Waals surface area contributed by atoms with Crippen LogP contribution in [0, 0.1) is 5.82 Å². The Morgan fingerprint density at radius 2 is 2.12 bits per heavy atom. The van der Waals surface area contributed by atoms with E-state index in [0.29, 0.717) is 36.4 Å². The molecule has 0 saturated heterocycles. The van der Waals surface area contributed by atoms with Crippen molar-refractivity contribution in [3.05, 3.63) is 58.0 Å². The maximum atomic E-state index is 14.0. The highest BCUT2D eigenvalue weighted by molar-refractivity contribution is 5.74. The average molecular weight is 326 g/mol. The molecule has 3 heterocycles. The molecule has 6 nitrogen and oxygen atoms in total. The molecule has 1 aromatic carbocycles. The van der Waals surface area contributed by atoms with Gasteiger partial charge in [0.1, 0.15) is 11.5 Å². The number of carbonyl (C=O) groups excluding carboxylic acids is 1. The summed E-state index contributed by atoms with van der Waals surface area (Å²) in [5.41, 5.74) is 2.49. The number of hydrogen-bond acceptors (Lipinski definition) is 3. The number of benzene rings is 1. The number of nitrogens with one attached hydrogen (secondary N) is 1. The van der Waals surface area contributed by atoms with E-state index in [4.69, 9.17) is 0 Å². The Morgan fingerprint density at radius 3 is 2.88 bits per heavy atom. The number of aromatic amines is 1. The Kier molecular flexibility index (Phi) is 3.23. The largest absolute Gasteiger partial charge is 0.338 e. The van der Waals surface area contributed by atoms with Crippen LogP contribution in [0.4, 0.5) is 4.39 Å². The second-order valence-corrected chi connectivity index (χ2v) is 5.88. The van der Waals surface area contributed by atoms with E-state index in [1.807, 2.05) is 0 Å².